The highest BCUT2D eigenvalue weighted by atomic mass is 32.1. The molecule has 1 amide bonds. The molecular weight excluding hydrogens is 306 g/mol. The molecule has 0 N–H and O–H groups in total. The molecule has 4 nitrogen and oxygen atoms in total. The third-order valence-electron chi connectivity index (χ3n) is 4.90. The molecule has 3 heterocycles. The van der Waals surface area contributed by atoms with Crippen molar-refractivity contribution in [3.8, 4) is 0 Å². The summed E-state index contributed by atoms with van der Waals surface area (Å²) in [5, 5.41) is 1.05. The van der Waals surface area contributed by atoms with E-state index in [0.717, 1.165) is 29.4 Å². The van der Waals surface area contributed by atoms with Crippen molar-refractivity contribution in [2.45, 2.75) is 51.9 Å². The van der Waals surface area contributed by atoms with Crippen molar-refractivity contribution in [1.29, 1.82) is 0 Å². The molecule has 2 aliphatic rings. The highest BCUT2D eigenvalue weighted by molar-refractivity contribution is 7.13. The van der Waals surface area contributed by atoms with E-state index in [1.54, 1.807) is 17.5 Å². The topological polar surface area (TPSA) is 36.4 Å². The maximum Gasteiger partial charge on any atom is 0.265 e. The van der Waals surface area contributed by atoms with Gasteiger partial charge in [0.1, 0.15) is 4.88 Å². The van der Waals surface area contributed by atoms with E-state index in [9.17, 15) is 4.79 Å². The van der Waals surface area contributed by atoms with Crippen LogP contribution in [0.3, 0.4) is 0 Å². The Morgan fingerprint density at radius 3 is 2.65 bits per heavy atom. The second-order valence-electron chi connectivity index (χ2n) is 8.05. The Balaban J connectivity index is 1.55. The van der Waals surface area contributed by atoms with Crippen molar-refractivity contribution in [2.24, 2.45) is 5.92 Å². The van der Waals surface area contributed by atoms with Crippen LogP contribution in [0.4, 0.5) is 0 Å². The quantitative estimate of drug-likeness (QED) is 0.849. The Hall–Kier alpha value is -0.940. The molecule has 3 rings (SSSR count). The average molecular weight is 336 g/mol. The Morgan fingerprint density at radius 2 is 2.00 bits per heavy atom. The van der Waals surface area contributed by atoms with Gasteiger partial charge < -0.3 is 9.80 Å². The number of hydrogen-bond donors (Lipinski definition) is 0. The third-order valence-corrected chi connectivity index (χ3v) is 6.31. The Labute approximate surface area is 143 Å². The van der Waals surface area contributed by atoms with E-state index in [-0.39, 0.29) is 11.3 Å². The molecule has 5 heteroatoms. The molecule has 0 spiro atoms. The summed E-state index contributed by atoms with van der Waals surface area (Å²) in [6.45, 7) is 11.9. The van der Waals surface area contributed by atoms with Gasteiger partial charge in [0.05, 0.1) is 11.2 Å². The number of carbonyl (C=O) groups excluding carboxylic acids is 1. The maximum absolute atomic E-state index is 12.7. The van der Waals surface area contributed by atoms with Gasteiger partial charge in [-0.05, 0) is 38.3 Å². The molecular formula is C18H29N3OS. The predicted molar refractivity (Wildman–Crippen MR) is 95.1 cm³/mol. The van der Waals surface area contributed by atoms with Crippen molar-refractivity contribution in [2.75, 3.05) is 32.7 Å². The zero-order valence-corrected chi connectivity index (χ0v) is 15.5. The van der Waals surface area contributed by atoms with Gasteiger partial charge in [-0.25, -0.2) is 4.98 Å². The fourth-order valence-electron chi connectivity index (χ4n) is 3.55. The van der Waals surface area contributed by atoms with E-state index in [2.05, 4.69) is 30.7 Å². The van der Waals surface area contributed by atoms with E-state index >= 15 is 0 Å². The Bertz CT molecular complexity index is 543. The van der Waals surface area contributed by atoms with Crippen LogP contribution in [0.2, 0.25) is 0 Å². The monoisotopic (exact) mass is 335 g/mol. The van der Waals surface area contributed by atoms with E-state index in [1.165, 1.54) is 38.9 Å². The molecule has 1 atom stereocenters. The fourth-order valence-corrected chi connectivity index (χ4v) is 4.49. The van der Waals surface area contributed by atoms with Crippen LogP contribution in [0, 0.1) is 5.92 Å². The molecule has 0 aliphatic carbocycles. The first-order valence-corrected chi connectivity index (χ1v) is 9.73. The molecule has 2 fully saturated rings. The van der Waals surface area contributed by atoms with Gasteiger partial charge in [0, 0.05) is 25.0 Å². The minimum absolute atomic E-state index is 0.0189. The summed E-state index contributed by atoms with van der Waals surface area (Å²) in [5.41, 5.74) is 0.0189. The van der Waals surface area contributed by atoms with Crippen LogP contribution in [0.15, 0.2) is 6.20 Å². The Morgan fingerprint density at radius 1 is 1.26 bits per heavy atom. The van der Waals surface area contributed by atoms with Crippen LogP contribution in [0.25, 0.3) is 0 Å². The van der Waals surface area contributed by atoms with Crippen molar-refractivity contribution < 1.29 is 4.79 Å². The molecule has 23 heavy (non-hydrogen) atoms. The van der Waals surface area contributed by atoms with Crippen LogP contribution in [0.5, 0.6) is 0 Å². The van der Waals surface area contributed by atoms with Gasteiger partial charge in [0.2, 0.25) is 0 Å². The number of carbonyl (C=O) groups is 1. The molecule has 128 valence electrons. The summed E-state index contributed by atoms with van der Waals surface area (Å²) in [7, 11) is 0. The zero-order chi connectivity index (χ0) is 16.4. The van der Waals surface area contributed by atoms with Crippen LogP contribution in [0.1, 0.15) is 61.1 Å². The molecule has 0 saturated carbocycles. The number of nitrogens with zero attached hydrogens (tertiary/aromatic N) is 3. The summed E-state index contributed by atoms with van der Waals surface area (Å²) in [6.07, 6.45) is 6.98. The molecule has 0 radical (unpaired) electrons. The standard InChI is InChI=1S/C18H29N3OS/c1-18(2,3)17-19-11-15(23-17)16(22)21-10-7-14(13-21)12-20-8-5-4-6-9-20/h11,14H,4-10,12-13H2,1-3H3/t14-/m0/s1. The largest absolute Gasteiger partial charge is 0.338 e. The lowest BCUT2D eigenvalue weighted by atomic mass is 9.98. The van der Waals surface area contributed by atoms with Crippen molar-refractivity contribution in [3.05, 3.63) is 16.1 Å². The fraction of sp³-hybridized carbons (Fsp3) is 0.778. The number of thiazole rings is 1. The lowest BCUT2D eigenvalue weighted by Crippen LogP contribution is -2.36. The smallest absolute Gasteiger partial charge is 0.265 e. The van der Waals surface area contributed by atoms with Gasteiger partial charge in [0.15, 0.2) is 0 Å². The van der Waals surface area contributed by atoms with Crippen LogP contribution in [-0.4, -0.2) is 53.4 Å². The Kier molecular flexibility index (Phi) is 5.07. The van der Waals surface area contributed by atoms with Crippen LogP contribution < -0.4 is 0 Å². The average Bonchev–Trinajstić information content (AvgIpc) is 3.16. The second-order valence-corrected chi connectivity index (χ2v) is 9.08. The summed E-state index contributed by atoms with van der Waals surface area (Å²) >= 11 is 1.56. The second kappa shape index (κ2) is 6.89. The third kappa shape index (κ3) is 4.13. The van der Waals surface area contributed by atoms with Crippen LogP contribution in [-0.2, 0) is 5.41 Å². The highest BCUT2D eigenvalue weighted by Crippen LogP contribution is 2.29. The summed E-state index contributed by atoms with van der Waals surface area (Å²) in [4.78, 5) is 22.6. The molecule has 0 unspecified atom stereocenters. The molecule has 0 bridgehead atoms. The zero-order valence-electron chi connectivity index (χ0n) is 14.7. The van der Waals surface area contributed by atoms with Crippen molar-refractivity contribution in [1.82, 2.24) is 14.8 Å². The van der Waals surface area contributed by atoms with Crippen molar-refractivity contribution in [3.63, 3.8) is 0 Å². The number of hydrogen-bond acceptors (Lipinski definition) is 4. The number of amides is 1. The van der Waals surface area contributed by atoms with Gasteiger partial charge in [-0.15, -0.1) is 11.3 Å². The van der Waals surface area contributed by atoms with Gasteiger partial charge in [-0.2, -0.15) is 0 Å². The maximum atomic E-state index is 12.7. The first-order valence-electron chi connectivity index (χ1n) is 8.91. The minimum Gasteiger partial charge on any atom is -0.338 e. The number of rotatable bonds is 3. The van der Waals surface area contributed by atoms with Crippen LogP contribution >= 0.6 is 11.3 Å². The lowest BCUT2D eigenvalue weighted by Gasteiger charge is -2.28. The number of likely N-dealkylation sites (tertiary alicyclic amines) is 2. The summed E-state index contributed by atoms with van der Waals surface area (Å²) < 4.78 is 0. The summed E-state index contributed by atoms with van der Waals surface area (Å²) in [6, 6.07) is 0. The lowest BCUT2D eigenvalue weighted by molar-refractivity contribution is 0.0787. The molecule has 0 aromatic carbocycles. The van der Waals surface area contributed by atoms with Gasteiger partial charge in [-0.1, -0.05) is 27.2 Å². The molecule has 2 saturated heterocycles. The number of aromatic nitrogens is 1. The predicted octanol–water partition coefficient (Wildman–Crippen LogP) is 3.39. The van der Waals surface area contributed by atoms with E-state index in [1.807, 2.05) is 4.90 Å². The van der Waals surface area contributed by atoms with E-state index in [4.69, 9.17) is 0 Å². The van der Waals surface area contributed by atoms with Gasteiger partial charge in [0.25, 0.3) is 5.91 Å². The summed E-state index contributed by atoms with van der Waals surface area (Å²) in [5.74, 6) is 0.825. The van der Waals surface area contributed by atoms with Gasteiger partial charge >= 0.3 is 0 Å². The molecule has 1 aromatic heterocycles. The molecule has 2 aliphatic heterocycles. The highest BCUT2D eigenvalue weighted by Gasteiger charge is 2.30. The van der Waals surface area contributed by atoms with E-state index < -0.39 is 0 Å². The van der Waals surface area contributed by atoms with Crippen molar-refractivity contribution >= 4 is 17.2 Å². The number of piperidine rings is 1. The minimum atomic E-state index is 0.0189. The normalized spacial score (nSPS) is 23.4. The van der Waals surface area contributed by atoms with Gasteiger partial charge in [-0.3, -0.25) is 4.79 Å². The van der Waals surface area contributed by atoms with E-state index in [0.29, 0.717) is 5.92 Å². The molecule has 1 aromatic rings. The first kappa shape index (κ1) is 16.9. The SMILES string of the molecule is CC(C)(C)c1ncc(C(=O)N2CC[C@@H](CN3CCCCC3)C2)s1. The first-order chi connectivity index (χ1) is 10.9.